The van der Waals surface area contributed by atoms with Gasteiger partial charge in [0.05, 0.1) is 28.0 Å². The lowest BCUT2D eigenvalue weighted by Gasteiger charge is -2.51. The first-order valence-corrected chi connectivity index (χ1v) is 6.73. The van der Waals surface area contributed by atoms with Crippen molar-refractivity contribution in [2.75, 3.05) is 20.2 Å². The van der Waals surface area contributed by atoms with Crippen LogP contribution in [0.1, 0.15) is 25.2 Å². The highest BCUT2D eigenvalue weighted by atomic mass is 16.5. The number of hydrogen-bond acceptors (Lipinski definition) is 3. The van der Waals surface area contributed by atoms with Crippen LogP contribution in [-0.2, 0) is 16.7 Å². The number of likely N-dealkylation sites (tertiary alicyclic amines) is 1. The summed E-state index contributed by atoms with van der Waals surface area (Å²) in [7, 11) is 14.2. The molecule has 0 aliphatic carbocycles. The highest BCUT2D eigenvalue weighted by Gasteiger charge is 2.39. The van der Waals surface area contributed by atoms with Gasteiger partial charge in [0, 0.05) is 25.9 Å². The molecule has 1 aromatic rings. The van der Waals surface area contributed by atoms with Crippen LogP contribution < -0.4 is 0 Å². The van der Waals surface area contributed by atoms with Gasteiger partial charge < -0.3 is 9.64 Å². The number of hydrogen-bond donors (Lipinski definition) is 0. The van der Waals surface area contributed by atoms with Gasteiger partial charge in [-0.25, -0.2) is 0 Å². The number of aromatic nitrogens is 1. The van der Waals surface area contributed by atoms with Gasteiger partial charge in [-0.15, -0.1) is 0 Å². The Morgan fingerprint density at radius 1 is 1.42 bits per heavy atom. The zero-order valence-electron chi connectivity index (χ0n) is 12.0. The van der Waals surface area contributed by atoms with Crippen molar-refractivity contribution in [2.45, 2.75) is 25.8 Å². The molecule has 2 rings (SSSR count). The largest absolute Gasteiger partial charge is 0.378 e. The van der Waals surface area contributed by atoms with Gasteiger partial charge in [0.1, 0.15) is 0 Å². The van der Waals surface area contributed by atoms with Gasteiger partial charge in [-0.1, -0.05) is 19.9 Å². The van der Waals surface area contributed by atoms with E-state index in [2.05, 4.69) is 23.7 Å². The Hall–Kier alpha value is -0.800. The van der Waals surface area contributed by atoms with Crippen LogP contribution in [0, 0.1) is 11.8 Å². The Kier molecular flexibility index (Phi) is 4.36. The average molecular weight is 254 g/mol. The third kappa shape index (κ3) is 3.03. The predicted molar refractivity (Wildman–Crippen MR) is 78.0 cm³/mol. The molecular weight excluding hydrogens is 234 g/mol. The SMILES string of the molecule is [B]C([B])(c1cccc(COC)n1)N1CC(C(C)C)C1. The number of methoxy groups -OCH3 is 1. The lowest BCUT2D eigenvalue weighted by atomic mass is 9.56. The number of nitrogens with zero attached hydrogens (tertiary/aromatic N) is 2. The number of rotatable bonds is 5. The molecule has 1 aliphatic rings. The summed E-state index contributed by atoms with van der Waals surface area (Å²) in [6, 6.07) is 5.71. The van der Waals surface area contributed by atoms with E-state index in [9.17, 15) is 0 Å². The number of ether oxygens (including phenoxy) is 1. The molecule has 0 amide bonds. The van der Waals surface area contributed by atoms with Crippen LogP contribution in [0.3, 0.4) is 0 Å². The monoisotopic (exact) mass is 254 g/mol. The van der Waals surface area contributed by atoms with Gasteiger partial charge >= 0.3 is 0 Å². The second kappa shape index (κ2) is 5.68. The second-order valence-corrected chi connectivity index (χ2v) is 5.68. The zero-order chi connectivity index (χ0) is 14.0. The molecule has 0 atom stereocenters. The average Bonchev–Trinajstić information content (AvgIpc) is 2.26. The lowest BCUT2D eigenvalue weighted by Crippen LogP contribution is -2.60. The van der Waals surface area contributed by atoms with Gasteiger partial charge in [-0.3, -0.25) is 4.98 Å². The van der Waals surface area contributed by atoms with E-state index in [1.807, 2.05) is 18.2 Å². The van der Waals surface area contributed by atoms with Crippen molar-refractivity contribution in [3.63, 3.8) is 0 Å². The molecule has 0 unspecified atom stereocenters. The van der Waals surface area contributed by atoms with Crippen LogP contribution in [-0.4, -0.2) is 45.8 Å². The van der Waals surface area contributed by atoms with Crippen LogP contribution in [0.2, 0.25) is 0 Å². The highest BCUT2D eigenvalue weighted by Crippen LogP contribution is 2.32. The van der Waals surface area contributed by atoms with Crippen molar-refractivity contribution in [2.24, 2.45) is 11.8 Å². The highest BCUT2D eigenvalue weighted by molar-refractivity contribution is 6.39. The van der Waals surface area contributed by atoms with E-state index in [1.54, 1.807) is 7.11 Å². The Labute approximate surface area is 118 Å². The van der Waals surface area contributed by atoms with Crippen molar-refractivity contribution >= 4 is 15.7 Å². The van der Waals surface area contributed by atoms with Gasteiger partial charge in [-0.05, 0) is 29.3 Å². The van der Waals surface area contributed by atoms with Crippen LogP contribution in [0.25, 0.3) is 0 Å². The molecule has 5 heteroatoms. The number of pyridine rings is 1. The van der Waals surface area contributed by atoms with E-state index >= 15 is 0 Å². The minimum absolute atomic E-state index is 0.471. The molecule has 98 valence electrons. The molecule has 0 bridgehead atoms. The van der Waals surface area contributed by atoms with E-state index in [4.69, 9.17) is 20.4 Å². The van der Waals surface area contributed by atoms with Gasteiger partial charge in [0.2, 0.25) is 0 Å². The summed E-state index contributed by atoms with van der Waals surface area (Å²) in [5, 5.41) is -0.991. The summed E-state index contributed by atoms with van der Waals surface area (Å²) in [6.07, 6.45) is 0. The van der Waals surface area contributed by atoms with Gasteiger partial charge in [-0.2, -0.15) is 0 Å². The Bertz CT molecular complexity index is 431. The van der Waals surface area contributed by atoms with Crippen molar-refractivity contribution in [3.05, 3.63) is 29.6 Å². The molecular formula is C14H20B2N2O. The van der Waals surface area contributed by atoms with Crippen LogP contribution >= 0.6 is 0 Å². The fourth-order valence-corrected chi connectivity index (χ4v) is 2.33. The summed E-state index contributed by atoms with van der Waals surface area (Å²) in [4.78, 5) is 6.57. The van der Waals surface area contributed by atoms with Crippen LogP contribution in [0.5, 0.6) is 0 Å². The summed E-state index contributed by atoms with van der Waals surface area (Å²) < 4.78 is 5.09. The molecule has 19 heavy (non-hydrogen) atoms. The van der Waals surface area contributed by atoms with E-state index in [0.29, 0.717) is 24.1 Å². The maximum Gasteiger partial charge on any atom is 0.0909 e. The summed E-state index contributed by atoms with van der Waals surface area (Å²) >= 11 is 0. The molecule has 1 saturated heterocycles. The predicted octanol–water partition coefficient (Wildman–Crippen LogP) is 1.26. The van der Waals surface area contributed by atoms with Crippen LogP contribution in [0.4, 0.5) is 0 Å². The fraction of sp³-hybridized carbons (Fsp3) is 0.643. The molecule has 0 aromatic carbocycles. The molecule has 2 heterocycles. The van der Waals surface area contributed by atoms with Gasteiger partial charge in [0.15, 0.2) is 0 Å². The van der Waals surface area contributed by atoms with E-state index in [0.717, 1.165) is 18.8 Å². The Morgan fingerprint density at radius 3 is 2.68 bits per heavy atom. The first-order valence-electron chi connectivity index (χ1n) is 6.73. The van der Waals surface area contributed by atoms with Crippen molar-refractivity contribution in [3.8, 4) is 0 Å². The van der Waals surface area contributed by atoms with Crippen molar-refractivity contribution in [1.29, 1.82) is 0 Å². The molecule has 0 saturated carbocycles. The molecule has 4 radical (unpaired) electrons. The van der Waals surface area contributed by atoms with Crippen molar-refractivity contribution in [1.82, 2.24) is 9.88 Å². The summed E-state index contributed by atoms with van der Waals surface area (Å²) in [5.74, 6) is 1.34. The lowest BCUT2D eigenvalue weighted by molar-refractivity contribution is 0.0370. The quantitative estimate of drug-likeness (QED) is 0.739. The first-order chi connectivity index (χ1) is 8.95. The standard InChI is InChI=1S/C14H20B2N2O/c1-10(2)11-7-18(8-11)14(15,16)13-6-4-5-12(17-13)9-19-3/h4-6,10-11H,7-9H2,1-3H3. The molecule has 1 aromatic heterocycles. The maximum atomic E-state index is 6.27. The summed E-state index contributed by atoms with van der Waals surface area (Å²) in [5.41, 5.74) is 1.55. The van der Waals surface area contributed by atoms with Gasteiger partial charge in [0.25, 0.3) is 0 Å². The third-order valence-electron chi connectivity index (χ3n) is 3.89. The van der Waals surface area contributed by atoms with Crippen LogP contribution in [0.15, 0.2) is 18.2 Å². The van der Waals surface area contributed by atoms with E-state index < -0.39 is 5.34 Å². The topological polar surface area (TPSA) is 25.4 Å². The molecule has 1 fully saturated rings. The third-order valence-corrected chi connectivity index (χ3v) is 3.89. The molecule has 1 aliphatic heterocycles. The maximum absolute atomic E-state index is 6.27. The molecule has 0 spiro atoms. The normalized spacial score (nSPS) is 17.7. The van der Waals surface area contributed by atoms with E-state index in [-0.39, 0.29) is 0 Å². The van der Waals surface area contributed by atoms with Crippen molar-refractivity contribution < 1.29 is 4.74 Å². The minimum Gasteiger partial charge on any atom is -0.378 e. The minimum atomic E-state index is -0.991. The first kappa shape index (κ1) is 14.6. The van der Waals surface area contributed by atoms with E-state index in [1.165, 1.54) is 0 Å². The zero-order valence-corrected chi connectivity index (χ0v) is 12.0. The Morgan fingerprint density at radius 2 is 2.11 bits per heavy atom. The second-order valence-electron chi connectivity index (χ2n) is 5.68. The Balaban J connectivity index is 2.09. The smallest absolute Gasteiger partial charge is 0.0909 e. The summed E-state index contributed by atoms with van der Waals surface area (Å²) in [6.45, 7) is 6.79. The molecule has 0 N–H and O–H groups in total. The fourth-order valence-electron chi connectivity index (χ4n) is 2.33. The molecule has 3 nitrogen and oxygen atoms in total.